The van der Waals surface area contributed by atoms with Gasteiger partial charge >= 0.3 is 0 Å². The van der Waals surface area contributed by atoms with E-state index in [4.69, 9.17) is 9.47 Å². The van der Waals surface area contributed by atoms with Gasteiger partial charge in [0.2, 0.25) is 0 Å². The Bertz CT molecular complexity index is 764. The van der Waals surface area contributed by atoms with Crippen LogP contribution < -0.4 is 4.74 Å². The van der Waals surface area contributed by atoms with Gasteiger partial charge in [-0.25, -0.2) is 0 Å². The molecule has 0 radical (unpaired) electrons. The molecule has 0 N–H and O–H groups in total. The summed E-state index contributed by atoms with van der Waals surface area (Å²) in [6.07, 6.45) is 1.05. The molecular weight excluding hydrogens is 324 g/mol. The molecule has 2 aromatic rings. The molecule has 4 heteroatoms. The first-order chi connectivity index (χ1) is 12.9. The largest absolute Gasteiger partial charge is 0.493 e. The molecule has 0 amide bonds. The van der Waals surface area contributed by atoms with Gasteiger partial charge in [0.15, 0.2) is 0 Å². The van der Waals surface area contributed by atoms with Crippen LogP contribution in [-0.4, -0.2) is 55.3 Å². The van der Waals surface area contributed by atoms with Crippen molar-refractivity contribution in [2.24, 2.45) is 0 Å². The Hall–Kier alpha value is -1.88. The molecule has 0 aromatic heterocycles. The standard InChI is InChI=1S/C22H26N2O2/c1-2-4-18(5-3-1)21-16-25-15-20-14-23(9-10-24(20)21)13-17-6-7-22-19(12-17)8-11-26-22/h1-7,12,20-21H,8-11,13-16H2/t20-,21-/m1/s1. The molecule has 0 unspecified atom stereocenters. The van der Waals surface area contributed by atoms with E-state index in [1.54, 1.807) is 0 Å². The van der Waals surface area contributed by atoms with E-state index in [1.807, 2.05) is 0 Å². The minimum absolute atomic E-state index is 0.397. The van der Waals surface area contributed by atoms with Crippen LogP contribution in [0.15, 0.2) is 48.5 Å². The van der Waals surface area contributed by atoms with E-state index in [9.17, 15) is 0 Å². The summed E-state index contributed by atoms with van der Waals surface area (Å²) in [6, 6.07) is 18.4. The lowest BCUT2D eigenvalue weighted by Crippen LogP contribution is -2.58. The highest BCUT2D eigenvalue weighted by Gasteiger charge is 2.36. The summed E-state index contributed by atoms with van der Waals surface area (Å²) in [5, 5.41) is 0. The van der Waals surface area contributed by atoms with Crippen molar-refractivity contribution < 1.29 is 9.47 Å². The highest BCUT2D eigenvalue weighted by atomic mass is 16.5. The maximum Gasteiger partial charge on any atom is 0.122 e. The van der Waals surface area contributed by atoms with E-state index < -0.39 is 0 Å². The first-order valence-electron chi connectivity index (χ1n) is 9.72. The molecule has 2 fully saturated rings. The monoisotopic (exact) mass is 350 g/mol. The minimum Gasteiger partial charge on any atom is -0.493 e. The van der Waals surface area contributed by atoms with E-state index in [1.165, 1.54) is 16.7 Å². The summed E-state index contributed by atoms with van der Waals surface area (Å²) in [5.74, 6) is 1.07. The fourth-order valence-electron chi connectivity index (χ4n) is 4.61. The van der Waals surface area contributed by atoms with Crippen LogP contribution in [0, 0.1) is 0 Å². The molecule has 2 saturated heterocycles. The molecule has 0 saturated carbocycles. The average molecular weight is 350 g/mol. The van der Waals surface area contributed by atoms with Gasteiger partial charge in [0.1, 0.15) is 5.75 Å². The molecule has 4 nitrogen and oxygen atoms in total. The average Bonchev–Trinajstić information content (AvgIpc) is 3.16. The van der Waals surface area contributed by atoms with Crippen molar-refractivity contribution in [1.29, 1.82) is 0 Å². The summed E-state index contributed by atoms with van der Waals surface area (Å²) < 4.78 is 11.6. The molecule has 0 bridgehead atoms. The maximum atomic E-state index is 5.98. The Morgan fingerprint density at radius 1 is 1.00 bits per heavy atom. The number of fused-ring (bicyclic) bond motifs is 2. The lowest BCUT2D eigenvalue weighted by molar-refractivity contribution is -0.0835. The quantitative estimate of drug-likeness (QED) is 0.850. The van der Waals surface area contributed by atoms with Gasteiger partial charge in [-0.1, -0.05) is 42.5 Å². The fraction of sp³-hybridized carbons (Fsp3) is 0.455. The van der Waals surface area contributed by atoms with Gasteiger partial charge < -0.3 is 9.47 Å². The summed E-state index contributed by atoms with van der Waals surface area (Å²) in [6.45, 7) is 6.82. The number of hydrogen-bond acceptors (Lipinski definition) is 4. The SMILES string of the molecule is c1ccc([C@H]2COC[C@H]3CN(Cc4ccc5c(c4)CCO5)CCN32)cc1. The second kappa shape index (κ2) is 7.03. The van der Waals surface area contributed by atoms with Gasteiger partial charge in [0, 0.05) is 38.6 Å². The van der Waals surface area contributed by atoms with Gasteiger partial charge in [-0.3, -0.25) is 9.80 Å². The zero-order valence-corrected chi connectivity index (χ0v) is 15.1. The van der Waals surface area contributed by atoms with Gasteiger partial charge in [-0.15, -0.1) is 0 Å². The molecule has 3 aliphatic heterocycles. The van der Waals surface area contributed by atoms with E-state index in [2.05, 4.69) is 58.3 Å². The first kappa shape index (κ1) is 16.3. The van der Waals surface area contributed by atoms with E-state index >= 15 is 0 Å². The Labute approximate surface area is 155 Å². The number of rotatable bonds is 3. The molecule has 3 heterocycles. The number of ether oxygens (including phenoxy) is 2. The fourth-order valence-corrected chi connectivity index (χ4v) is 4.61. The number of hydrogen-bond donors (Lipinski definition) is 0. The Balaban J connectivity index is 1.27. The normalized spacial score (nSPS) is 26.2. The van der Waals surface area contributed by atoms with Crippen LogP contribution in [0.4, 0.5) is 0 Å². The zero-order chi connectivity index (χ0) is 17.3. The van der Waals surface area contributed by atoms with Crippen LogP contribution in [0.2, 0.25) is 0 Å². The lowest BCUT2D eigenvalue weighted by Gasteiger charge is -2.48. The van der Waals surface area contributed by atoms with Gasteiger partial charge in [-0.05, 0) is 22.8 Å². The van der Waals surface area contributed by atoms with Crippen molar-refractivity contribution in [2.75, 3.05) is 39.5 Å². The third-order valence-electron chi connectivity index (χ3n) is 5.94. The van der Waals surface area contributed by atoms with Gasteiger partial charge in [0.25, 0.3) is 0 Å². The van der Waals surface area contributed by atoms with Gasteiger partial charge in [-0.2, -0.15) is 0 Å². The highest BCUT2D eigenvalue weighted by molar-refractivity contribution is 5.39. The second-order valence-corrected chi connectivity index (χ2v) is 7.63. The molecule has 136 valence electrons. The maximum absolute atomic E-state index is 5.98. The third kappa shape index (κ3) is 3.13. The Morgan fingerprint density at radius 3 is 2.85 bits per heavy atom. The smallest absolute Gasteiger partial charge is 0.122 e. The van der Waals surface area contributed by atoms with Crippen molar-refractivity contribution in [3.63, 3.8) is 0 Å². The predicted octanol–water partition coefficient (Wildman–Crippen LogP) is 2.88. The first-order valence-corrected chi connectivity index (χ1v) is 9.72. The molecule has 26 heavy (non-hydrogen) atoms. The summed E-state index contributed by atoms with van der Waals surface area (Å²) in [5.41, 5.74) is 4.15. The summed E-state index contributed by atoms with van der Waals surface area (Å²) in [7, 11) is 0. The number of morpholine rings is 1. The minimum atomic E-state index is 0.397. The van der Waals surface area contributed by atoms with Crippen molar-refractivity contribution in [3.05, 3.63) is 65.2 Å². The number of piperazine rings is 1. The van der Waals surface area contributed by atoms with Crippen LogP contribution in [0.25, 0.3) is 0 Å². The third-order valence-corrected chi connectivity index (χ3v) is 5.94. The lowest BCUT2D eigenvalue weighted by atomic mass is 10.00. The zero-order valence-electron chi connectivity index (χ0n) is 15.1. The van der Waals surface area contributed by atoms with E-state index in [-0.39, 0.29) is 0 Å². The Morgan fingerprint density at radius 2 is 1.92 bits per heavy atom. The van der Waals surface area contributed by atoms with Crippen molar-refractivity contribution >= 4 is 0 Å². The van der Waals surface area contributed by atoms with Crippen LogP contribution >= 0.6 is 0 Å². The second-order valence-electron chi connectivity index (χ2n) is 7.63. The molecule has 0 aliphatic carbocycles. The van der Waals surface area contributed by atoms with Crippen LogP contribution in [0.1, 0.15) is 22.7 Å². The molecule has 0 spiro atoms. The molecule has 5 rings (SSSR count). The van der Waals surface area contributed by atoms with Crippen molar-refractivity contribution in [3.8, 4) is 5.75 Å². The van der Waals surface area contributed by atoms with E-state index in [0.717, 1.165) is 58.2 Å². The Kier molecular flexibility index (Phi) is 4.41. The summed E-state index contributed by atoms with van der Waals surface area (Å²) >= 11 is 0. The highest BCUT2D eigenvalue weighted by Crippen LogP contribution is 2.31. The molecule has 2 atom stereocenters. The summed E-state index contributed by atoms with van der Waals surface area (Å²) in [4.78, 5) is 5.24. The van der Waals surface area contributed by atoms with Crippen LogP contribution in [0.3, 0.4) is 0 Å². The molecule has 3 aliphatic rings. The van der Waals surface area contributed by atoms with Gasteiger partial charge in [0.05, 0.1) is 25.9 Å². The van der Waals surface area contributed by atoms with Crippen LogP contribution in [-0.2, 0) is 17.7 Å². The van der Waals surface area contributed by atoms with Crippen molar-refractivity contribution in [1.82, 2.24) is 9.80 Å². The number of benzene rings is 2. The topological polar surface area (TPSA) is 24.9 Å². The molecular formula is C22H26N2O2. The number of nitrogens with zero attached hydrogens (tertiary/aromatic N) is 2. The van der Waals surface area contributed by atoms with E-state index in [0.29, 0.717) is 12.1 Å². The van der Waals surface area contributed by atoms with Crippen LogP contribution in [0.5, 0.6) is 5.75 Å². The predicted molar refractivity (Wildman–Crippen MR) is 101 cm³/mol. The van der Waals surface area contributed by atoms with Crippen molar-refractivity contribution in [2.45, 2.75) is 25.0 Å². The molecule has 2 aromatic carbocycles.